The highest BCUT2D eigenvalue weighted by atomic mass is 32.2. The third-order valence-corrected chi connectivity index (χ3v) is 5.90. The average Bonchev–Trinajstić information content (AvgIpc) is 2.46. The van der Waals surface area contributed by atoms with Gasteiger partial charge in [-0.1, -0.05) is 38.8 Å². The molecule has 0 radical (unpaired) electrons. The van der Waals surface area contributed by atoms with E-state index in [0.717, 1.165) is 30.4 Å². The van der Waals surface area contributed by atoms with Crippen molar-refractivity contribution in [2.75, 3.05) is 0 Å². The molecule has 1 saturated carbocycles. The summed E-state index contributed by atoms with van der Waals surface area (Å²) in [6, 6.07) is 5.55. The van der Waals surface area contributed by atoms with E-state index in [-0.39, 0.29) is 6.04 Å². The van der Waals surface area contributed by atoms with Gasteiger partial charge < -0.3 is 5.73 Å². The standard InChI is InChI=1S/C16H26N2O2S/c1-3-14-8-7-13(11-17)10-16(14)21(19,20)18-15-6-4-5-12(2)9-15/h7-8,10,12,15,18H,3-6,9,11,17H2,1-2H3. The van der Waals surface area contributed by atoms with E-state index in [1.807, 2.05) is 19.1 Å². The first-order valence-corrected chi connectivity index (χ1v) is 9.28. The Morgan fingerprint density at radius 1 is 1.33 bits per heavy atom. The predicted molar refractivity (Wildman–Crippen MR) is 85.5 cm³/mol. The summed E-state index contributed by atoms with van der Waals surface area (Å²) < 4.78 is 28.3. The second-order valence-electron chi connectivity index (χ2n) is 6.09. The lowest BCUT2D eigenvalue weighted by Gasteiger charge is -2.27. The first-order valence-electron chi connectivity index (χ1n) is 7.80. The smallest absolute Gasteiger partial charge is 0.241 e. The monoisotopic (exact) mass is 310 g/mol. The zero-order chi connectivity index (χ0) is 15.5. The maximum absolute atomic E-state index is 12.7. The van der Waals surface area contributed by atoms with E-state index in [9.17, 15) is 8.42 Å². The Labute approximate surface area is 128 Å². The summed E-state index contributed by atoms with van der Waals surface area (Å²) in [4.78, 5) is 0.395. The molecule has 1 aliphatic carbocycles. The van der Waals surface area contributed by atoms with Gasteiger partial charge in [-0.3, -0.25) is 0 Å². The van der Waals surface area contributed by atoms with Crippen LogP contribution in [0.25, 0.3) is 0 Å². The number of rotatable bonds is 5. The largest absolute Gasteiger partial charge is 0.326 e. The van der Waals surface area contributed by atoms with Crippen LogP contribution in [0.15, 0.2) is 23.1 Å². The average molecular weight is 310 g/mol. The second kappa shape index (κ2) is 6.90. The number of aryl methyl sites for hydroxylation is 1. The summed E-state index contributed by atoms with van der Waals surface area (Å²) >= 11 is 0. The van der Waals surface area contributed by atoms with E-state index in [1.54, 1.807) is 6.07 Å². The van der Waals surface area contributed by atoms with Gasteiger partial charge in [-0.15, -0.1) is 0 Å². The summed E-state index contributed by atoms with van der Waals surface area (Å²) in [5, 5.41) is 0. The van der Waals surface area contributed by atoms with Gasteiger partial charge >= 0.3 is 0 Å². The van der Waals surface area contributed by atoms with Crippen LogP contribution in [-0.4, -0.2) is 14.5 Å². The molecule has 1 fully saturated rings. The van der Waals surface area contributed by atoms with Crippen LogP contribution in [0.2, 0.25) is 0 Å². The van der Waals surface area contributed by atoms with Crippen molar-refractivity contribution in [3.8, 4) is 0 Å². The van der Waals surface area contributed by atoms with Crippen molar-refractivity contribution in [1.29, 1.82) is 0 Å². The number of sulfonamides is 1. The predicted octanol–water partition coefficient (Wildman–Crippen LogP) is 2.56. The molecule has 0 saturated heterocycles. The SMILES string of the molecule is CCc1ccc(CN)cc1S(=O)(=O)NC1CCCC(C)C1. The molecule has 0 aromatic heterocycles. The molecule has 0 bridgehead atoms. The summed E-state index contributed by atoms with van der Waals surface area (Å²) in [6.07, 6.45) is 4.85. The molecule has 1 aromatic carbocycles. The fraction of sp³-hybridized carbons (Fsp3) is 0.625. The summed E-state index contributed by atoms with van der Waals surface area (Å²) in [7, 11) is -3.46. The van der Waals surface area contributed by atoms with Crippen molar-refractivity contribution in [2.45, 2.75) is 63.4 Å². The molecule has 2 atom stereocenters. The Hall–Kier alpha value is -0.910. The zero-order valence-electron chi connectivity index (χ0n) is 12.9. The van der Waals surface area contributed by atoms with Crippen LogP contribution < -0.4 is 10.5 Å². The number of hydrogen-bond acceptors (Lipinski definition) is 3. The van der Waals surface area contributed by atoms with Gasteiger partial charge in [0.05, 0.1) is 4.90 Å². The first-order chi connectivity index (χ1) is 9.96. The van der Waals surface area contributed by atoms with E-state index in [4.69, 9.17) is 5.73 Å². The van der Waals surface area contributed by atoms with Crippen molar-refractivity contribution >= 4 is 10.0 Å². The molecule has 3 N–H and O–H groups in total. The normalized spacial score (nSPS) is 23.2. The van der Waals surface area contributed by atoms with Crippen molar-refractivity contribution < 1.29 is 8.42 Å². The molecule has 0 spiro atoms. The molecule has 118 valence electrons. The van der Waals surface area contributed by atoms with Crippen LogP contribution in [0, 0.1) is 5.92 Å². The Bertz CT molecular complexity index is 584. The van der Waals surface area contributed by atoms with E-state index in [0.29, 0.717) is 23.8 Å². The Morgan fingerprint density at radius 3 is 2.71 bits per heavy atom. The lowest BCUT2D eigenvalue weighted by molar-refractivity contribution is 0.327. The fourth-order valence-electron chi connectivity index (χ4n) is 3.09. The minimum Gasteiger partial charge on any atom is -0.326 e. The topological polar surface area (TPSA) is 72.2 Å². The van der Waals surface area contributed by atoms with Crippen LogP contribution in [0.4, 0.5) is 0 Å². The minimum atomic E-state index is -3.46. The molecular formula is C16H26N2O2S. The first kappa shape index (κ1) is 16.5. The highest BCUT2D eigenvalue weighted by Crippen LogP contribution is 2.26. The highest BCUT2D eigenvalue weighted by Gasteiger charge is 2.26. The third kappa shape index (κ3) is 4.05. The molecule has 1 aromatic rings. The number of nitrogens with two attached hydrogens (primary N) is 1. The Kier molecular flexibility index (Phi) is 5.41. The molecule has 5 heteroatoms. The van der Waals surface area contributed by atoms with E-state index < -0.39 is 10.0 Å². The molecule has 1 aliphatic rings. The highest BCUT2D eigenvalue weighted by molar-refractivity contribution is 7.89. The van der Waals surface area contributed by atoms with Gasteiger partial charge in [-0.25, -0.2) is 13.1 Å². The van der Waals surface area contributed by atoms with E-state index in [2.05, 4.69) is 11.6 Å². The Morgan fingerprint density at radius 2 is 2.10 bits per heavy atom. The second-order valence-corrected chi connectivity index (χ2v) is 7.77. The van der Waals surface area contributed by atoms with Gasteiger partial charge in [-0.2, -0.15) is 0 Å². The number of benzene rings is 1. The summed E-state index contributed by atoms with van der Waals surface area (Å²) in [5.41, 5.74) is 7.34. The Balaban J connectivity index is 2.26. The molecule has 2 rings (SSSR count). The number of nitrogens with one attached hydrogen (secondary N) is 1. The van der Waals surface area contributed by atoms with Gasteiger partial charge in [-0.05, 0) is 42.4 Å². The zero-order valence-corrected chi connectivity index (χ0v) is 13.7. The summed E-state index contributed by atoms with van der Waals surface area (Å²) in [5.74, 6) is 0.590. The van der Waals surface area contributed by atoms with Crippen LogP contribution >= 0.6 is 0 Å². The van der Waals surface area contributed by atoms with Crippen molar-refractivity contribution in [3.63, 3.8) is 0 Å². The molecule has 4 nitrogen and oxygen atoms in total. The van der Waals surface area contributed by atoms with Crippen LogP contribution in [-0.2, 0) is 23.0 Å². The molecule has 0 aliphatic heterocycles. The van der Waals surface area contributed by atoms with Crippen LogP contribution in [0.3, 0.4) is 0 Å². The fourth-order valence-corrected chi connectivity index (χ4v) is 4.74. The molecule has 0 heterocycles. The van der Waals surface area contributed by atoms with Crippen molar-refractivity contribution in [3.05, 3.63) is 29.3 Å². The molecular weight excluding hydrogens is 284 g/mol. The van der Waals surface area contributed by atoms with Crippen LogP contribution in [0.5, 0.6) is 0 Å². The molecule has 0 amide bonds. The lowest BCUT2D eigenvalue weighted by Crippen LogP contribution is -2.38. The van der Waals surface area contributed by atoms with Crippen LogP contribution in [0.1, 0.15) is 50.7 Å². The molecule has 2 unspecified atom stereocenters. The van der Waals surface area contributed by atoms with Gasteiger partial charge in [0.1, 0.15) is 0 Å². The summed E-state index contributed by atoms with van der Waals surface area (Å²) in [6.45, 7) is 4.51. The maximum Gasteiger partial charge on any atom is 0.241 e. The number of hydrogen-bond donors (Lipinski definition) is 2. The van der Waals surface area contributed by atoms with Crippen molar-refractivity contribution in [2.24, 2.45) is 11.7 Å². The van der Waals surface area contributed by atoms with Gasteiger partial charge in [0.2, 0.25) is 10.0 Å². The third-order valence-electron chi connectivity index (χ3n) is 4.30. The van der Waals surface area contributed by atoms with Crippen molar-refractivity contribution in [1.82, 2.24) is 4.72 Å². The lowest BCUT2D eigenvalue weighted by atomic mass is 9.88. The van der Waals surface area contributed by atoms with Gasteiger partial charge in [0.15, 0.2) is 0 Å². The van der Waals surface area contributed by atoms with Gasteiger partial charge in [0.25, 0.3) is 0 Å². The van der Waals surface area contributed by atoms with Gasteiger partial charge in [0, 0.05) is 12.6 Å². The maximum atomic E-state index is 12.7. The quantitative estimate of drug-likeness (QED) is 0.878. The molecule has 21 heavy (non-hydrogen) atoms. The van der Waals surface area contributed by atoms with E-state index >= 15 is 0 Å². The minimum absolute atomic E-state index is 0.0602. The van der Waals surface area contributed by atoms with E-state index in [1.165, 1.54) is 6.42 Å².